The number of nitrogens with one attached hydrogen (secondary N) is 2. The van der Waals surface area contributed by atoms with Crippen molar-refractivity contribution < 1.29 is 4.79 Å². The van der Waals surface area contributed by atoms with E-state index in [0.717, 1.165) is 29.0 Å². The lowest BCUT2D eigenvalue weighted by atomic mass is 10.3. The van der Waals surface area contributed by atoms with E-state index in [-0.39, 0.29) is 5.91 Å². The molecule has 4 heterocycles. The van der Waals surface area contributed by atoms with E-state index in [0.29, 0.717) is 28.2 Å². The molecule has 0 saturated heterocycles. The zero-order valence-electron chi connectivity index (χ0n) is 16.5. The number of pyridine rings is 1. The van der Waals surface area contributed by atoms with Crippen LogP contribution < -0.4 is 10.6 Å². The van der Waals surface area contributed by atoms with Crippen molar-refractivity contribution in [2.24, 2.45) is 4.99 Å². The standard InChI is InChI=1S/C21H18ClN7OS/c1-28-9-8-23-21(28)27-20(30)18-10-13(12-31-18)29-17-6-7-19(26-16(17)11-24-29)25-15-5-3-2-4-14(15)22/h2-7,10-12H,8-9H2,1H3,(H,25,26)(H,23,27,30). The van der Waals surface area contributed by atoms with Crippen LogP contribution in [0.3, 0.4) is 0 Å². The van der Waals surface area contributed by atoms with Gasteiger partial charge in [-0.3, -0.25) is 15.1 Å². The van der Waals surface area contributed by atoms with Crippen molar-refractivity contribution in [2.45, 2.75) is 0 Å². The molecule has 0 aliphatic carbocycles. The third-order valence-corrected chi connectivity index (χ3v) is 6.15. The van der Waals surface area contributed by atoms with Gasteiger partial charge in [-0.1, -0.05) is 23.7 Å². The minimum Gasteiger partial charge on any atom is -0.344 e. The Morgan fingerprint density at radius 3 is 2.90 bits per heavy atom. The fraction of sp³-hybridized carbons (Fsp3) is 0.143. The molecule has 1 aliphatic rings. The first-order valence-corrected chi connectivity index (χ1v) is 10.9. The number of carbonyl (C=O) groups is 1. The average Bonchev–Trinajstić information content (AvgIpc) is 3.49. The van der Waals surface area contributed by atoms with Gasteiger partial charge in [0.05, 0.1) is 39.5 Å². The molecular formula is C21H18ClN7OS. The van der Waals surface area contributed by atoms with Gasteiger partial charge in [-0.05, 0) is 30.3 Å². The maximum Gasteiger partial charge on any atom is 0.268 e. The van der Waals surface area contributed by atoms with E-state index >= 15 is 0 Å². The van der Waals surface area contributed by atoms with Crippen LogP contribution >= 0.6 is 22.9 Å². The Hall–Kier alpha value is -3.43. The number of aromatic nitrogens is 3. The van der Waals surface area contributed by atoms with Crippen LogP contribution in [0.25, 0.3) is 16.7 Å². The summed E-state index contributed by atoms with van der Waals surface area (Å²) in [4.78, 5) is 24.0. The molecule has 1 amide bonds. The van der Waals surface area contributed by atoms with Crippen LogP contribution in [-0.4, -0.2) is 51.7 Å². The van der Waals surface area contributed by atoms with Gasteiger partial charge in [0.15, 0.2) is 0 Å². The zero-order valence-corrected chi connectivity index (χ0v) is 18.1. The summed E-state index contributed by atoms with van der Waals surface area (Å²) >= 11 is 7.58. The molecule has 0 bridgehead atoms. The third-order valence-electron chi connectivity index (χ3n) is 4.90. The van der Waals surface area contributed by atoms with E-state index in [9.17, 15) is 4.79 Å². The van der Waals surface area contributed by atoms with Gasteiger partial charge in [0.2, 0.25) is 5.96 Å². The Labute approximate surface area is 187 Å². The number of hydrogen-bond acceptors (Lipinski definition) is 7. The highest BCUT2D eigenvalue weighted by atomic mass is 35.5. The van der Waals surface area contributed by atoms with E-state index in [2.05, 4.69) is 25.7 Å². The number of anilines is 2. The van der Waals surface area contributed by atoms with Crippen LogP contribution in [0.2, 0.25) is 5.02 Å². The smallest absolute Gasteiger partial charge is 0.268 e. The van der Waals surface area contributed by atoms with Gasteiger partial charge in [0.1, 0.15) is 11.3 Å². The van der Waals surface area contributed by atoms with E-state index in [1.807, 2.05) is 59.8 Å². The Kier molecular flexibility index (Phi) is 5.05. The molecule has 0 spiro atoms. The van der Waals surface area contributed by atoms with Crippen molar-refractivity contribution in [3.05, 3.63) is 63.9 Å². The first-order valence-electron chi connectivity index (χ1n) is 9.61. The Morgan fingerprint density at radius 1 is 1.23 bits per heavy atom. The van der Waals surface area contributed by atoms with Crippen molar-refractivity contribution in [3.8, 4) is 5.69 Å². The predicted molar refractivity (Wildman–Crippen MR) is 124 cm³/mol. The van der Waals surface area contributed by atoms with Crippen molar-refractivity contribution in [1.82, 2.24) is 25.0 Å². The second kappa shape index (κ2) is 8.01. The fourth-order valence-corrected chi connectivity index (χ4v) is 4.22. The van der Waals surface area contributed by atoms with Gasteiger partial charge in [0, 0.05) is 19.0 Å². The summed E-state index contributed by atoms with van der Waals surface area (Å²) in [5.74, 6) is 1.10. The molecule has 31 heavy (non-hydrogen) atoms. The third kappa shape index (κ3) is 3.85. The molecule has 1 aliphatic heterocycles. The van der Waals surface area contributed by atoms with E-state index in [4.69, 9.17) is 11.6 Å². The molecule has 3 aromatic heterocycles. The maximum absolute atomic E-state index is 12.6. The van der Waals surface area contributed by atoms with E-state index in [1.165, 1.54) is 11.3 Å². The molecule has 4 aromatic rings. The highest BCUT2D eigenvalue weighted by Gasteiger charge is 2.18. The Morgan fingerprint density at radius 2 is 2.10 bits per heavy atom. The summed E-state index contributed by atoms with van der Waals surface area (Å²) in [5, 5.41) is 13.1. The van der Waals surface area contributed by atoms with Crippen LogP contribution in [0.1, 0.15) is 9.67 Å². The molecule has 5 rings (SSSR count). The molecular weight excluding hydrogens is 434 g/mol. The number of thiophene rings is 1. The molecule has 2 N–H and O–H groups in total. The number of halogens is 1. The predicted octanol–water partition coefficient (Wildman–Crippen LogP) is 3.91. The summed E-state index contributed by atoms with van der Waals surface area (Å²) in [7, 11) is 1.91. The highest BCUT2D eigenvalue weighted by molar-refractivity contribution is 7.12. The topological polar surface area (TPSA) is 87.4 Å². The van der Waals surface area contributed by atoms with Gasteiger partial charge in [-0.15, -0.1) is 11.3 Å². The number of benzene rings is 1. The van der Waals surface area contributed by atoms with Crippen molar-refractivity contribution in [3.63, 3.8) is 0 Å². The lowest BCUT2D eigenvalue weighted by Gasteiger charge is -2.13. The van der Waals surface area contributed by atoms with E-state index in [1.54, 1.807) is 10.9 Å². The van der Waals surface area contributed by atoms with Crippen molar-refractivity contribution in [1.29, 1.82) is 0 Å². The zero-order chi connectivity index (χ0) is 21.4. The number of guanidine groups is 1. The van der Waals surface area contributed by atoms with Crippen LogP contribution in [0.4, 0.5) is 11.5 Å². The summed E-state index contributed by atoms with van der Waals surface area (Å²) in [6.45, 7) is 1.51. The van der Waals surface area contributed by atoms with Crippen molar-refractivity contribution in [2.75, 3.05) is 25.5 Å². The number of likely N-dealkylation sites (N-methyl/N-ethyl adjacent to an activating group) is 1. The summed E-state index contributed by atoms with van der Waals surface area (Å²) < 4.78 is 1.77. The number of amides is 1. The summed E-state index contributed by atoms with van der Waals surface area (Å²) in [6, 6.07) is 13.1. The Balaban J connectivity index is 1.37. The largest absolute Gasteiger partial charge is 0.344 e. The lowest BCUT2D eigenvalue weighted by Crippen LogP contribution is -2.39. The van der Waals surface area contributed by atoms with Crippen LogP contribution in [0.5, 0.6) is 0 Å². The average molecular weight is 452 g/mol. The second-order valence-corrected chi connectivity index (χ2v) is 8.33. The van der Waals surface area contributed by atoms with Gasteiger partial charge in [-0.25, -0.2) is 9.67 Å². The molecule has 10 heteroatoms. The monoisotopic (exact) mass is 451 g/mol. The molecule has 1 aromatic carbocycles. The summed E-state index contributed by atoms with van der Waals surface area (Å²) in [6.07, 6.45) is 1.70. The molecule has 0 radical (unpaired) electrons. The first-order chi connectivity index (χ1) is 15.1. The van der Waals surface area contributed by atoms with E-state index < -0.39 is 0 Å². The fourth-order valence-electron chi connectivity index (χ4n) is 3.28. The molecule has 8 nitrogen and oxygen atoms in total. The van der Waals surface area contributed by atoms with Gasteiger partial charge in [-0.2, -0.15) is 5.10 Å². The molecule has 156 valence electrons. The minimum absolute atomic E-state index is 0.176. The minimum atomic E-state index is -0.176. The number of para-hydroxylation sites is 1. The summed E-state index contributed by atoms with van der Waals surface area (Å²) in [5.41, 5.74) is 3.17. The molecule has 0 fully saturated rings. The second-order valence-electron chi connectivity index (χ2n) is 7.01. The highest BCUT2D eigenvalue weighted by Crippen LogP contribution is 2.27. The molecule has 0 unspecified atom stereocenters. The number of fused-ring (bicyclic) bond motifs is 1. The lowest BCUT2D eigenvalue weighted by molar-refractivity contribution is 0.0977. The van der Waals surface area contributed by atoms with Crippen LogP contribution in [0.15, 0.2) is 59.0 Å². The van der Waals surface area contributed by atoms with Crippen LogP contribution in [0, 0.1) is 0 Å². The number of carbonyl (C=O) groups excluding carboxylic acids is 1. The SMILES string of the molecule is CN1CCN=C1NC(=O)c1cc(-n2ncc3nc(Nc4ccccc4Cl)ccc32)cs1. The molecule has 0 atom stereocenters. The van der Waals surface area contributed by atoms with Gasteiger partial charge in [0.25, 0.3) is 5.91 Å². The van der Waals surface area contributed by atoms with Crippen molar-refractivity contribution >= 4 is 57.3 Å². The molecule has 0 saturated carbocycles. The Bertz CT molecular complexity index is 1310. The normalized spacial score (nSPS) is 13.5. The first kappa shape index (κ1) is 19.5. The van der Waals surface area contributed by atoms with Gasteiger partial charge >= 0.3 is 0 Å². The van der Waals surface area contributed by atoms with Gasteiger partial charge < -0.3 is 10.2 Å². The van der Waals surface area contributed by atoms with Crippen LogP contribution in [-0.2, 0) is 0 Å². The maximum atomic E-state index is 12.6. The number of nitrogens with zero attached hydrogens (tertiary/aromatic N) is 5. The quantitative estimate of drug-likeness (QED) is 0.491. The number of rotatable bonds is 4. The number of hydrogen-bond donors (Lipinski definition) is 2. The number of aliphatic imine (C=N–C) groups is 1.